The van der Waals surface area contributed by atoms with Crippen molar-refractivity contribution in [2.45, 2.75) is 12.3 Å². The number of carbonyl (C=O) groups excluding carboxylic acids is 1. The Bertz CT molecular complexity index is 652. The Morgan fingerprint density at radius 3 is 2.00 bits per heavy atom. The van der Waals surface area contributed by atoms with Gasteiger partial charge in [-0.25, -0.2) is 0 Å². The Labute approximate surface area is 159 Å². The highest BCUT2D eigenvalue weighted by atomic mass is 35.5. The largest absolute Gasteiger partial charge is 0.463 e. The van der Waals surface area contributed by atoms with Crippen LogP contribution in [0.4, 0.5) is 0 Å². The Balaban J connectivity index is 2.01. The lowest BCUT2D eigenvalue weighted by molar-refractivity contribution is -0.141. The molecule has 1 N–H and O–H groups in total. The molecule has 0 radical (unpaired) electrons. The van der Waals surface area contributed by atoms with Crippen molar-refractivity contribution in [1.82, 2.24) is 5.32 Å². The minimum Gasteiger partial charge on any atom is -0.463 e. The lowest BCUT2D eigenvalue weighted by atomic mass is 10.2. The fourth-order valence-electron chi connectivity index (χ4n) is 2.57. The summed E-state index contributed by atoms with van der Waals surface area (Å²) in [5, 5.41) is 3.20. The topological polar surface area (TPSA) is 38.3 Å². The number of rotatable bonds is 10. The highest BCUT2D eigenvalue weighted by Crippen LogP contribution is 2.51. The summed E-state index contributed by atoms with van der Waals surface area (Å²) in [6.45, 7) is 0.406. The summed E-state index contributed by atoms with van der Waals surface area (Å²) < 4.78 is 4.99. The lowest BCUT2D eigenvalue weighted by Crippen LogP contribution is -2.26. The molecule has 0 bridgehead atoms. The molecule has 0 spiro atoms. The highest BCUT2D eigenvalue weighted by molar-refractivity contribution is 8.13. The third-order valence-corrected chi connectivity index (χ3v) is 7.64. The summed E-state index contributed by atoms with van der Waals surface area (Å²) >= 11 is 11.6. The Hall–Kier alpha value is -1.19. The van der Waals surface area contributed by atoms with E-state index in [1.807, 2.05) is 36.4 Å². The first-order chi connectivity index (χ1) is 12.1. The van der Waals surface area contributed by atoms with Crippen molar-refractivity contribution in [3.63, 3.8) is 0 Å². The van der Waals surface area contributed by atoms with Crippen LogP contribution in [0.3, 0.4) is 0 Å². The summed E-state index contributed by atoms with van der Waals surface area (Å²) in [7, 11) is 0. The van der Waals surface area contributed by atoms with Crippen LogP contribution in [0.15, 0.2) is 60.7 Å². The number of ether oxygens (including phenoxy) is 1. The molecule has 0 aromatic heterocycles. The average Bonchev–Trinajstić information content (AvgIpc) is 2.61. The number of alkyl halides is 1. The van der Waals surface area contributed by atoms with E-state index < -0.39 is 6.04 Å². The number of hydrogen-bond acceptors (Lipinski definition) is 4. The predicted molar refractivity (Wildman–Crippen MR) is 109 cm³/mol. The second kappa shape index (κ2) is 10.7. The highest BCUT2D eigenvalue weighted by Gasteiger charge is 2.19. The van der Waals surface area contributed by atoms with E-state index >= 15 is 0 Å². The molecule has 0 amide bonds. The van der Waals surface area contributed by atoms with E-state index in [0.717, 1.165) is 12.3 Å². The molecular weight excluding hydrogens is 373 g/mol. The third-order valence-electron chi connectivity index (χ3n) is 3.64. The zero-order valence-electron chi connectivity index (χ0n) is 14.1. The smallest absolute Gasteiger partial charge is 0.319 e. The Kier molecular flexibility index (Phi) is 8.63. The van der Waals surface area contributed by atoms with Gasteiger partial charge in [-0.05, 0) is 17.2 Å². The molecule has 0 aliphatic heterocycles. The van der Waals surface area contributed by atoms with Gasteiger partial charge < -0.3 is 10.1 Å². The quantitative estimate of drug-likeness (QED) is 0.372. The molecule has 0 saturated heterocycles. The van der Waals surface area contributed by atoms with Crippen LogP contribution < -0.4 is 5.32 Å². The normalized spacial score (nSPS) is 11.2. The first kappa shape index (κ1) is 20.1. The summed E-state index contributed by atoms with van der Waals surface area (Å²) in [4.78, 5) is 11.6. The number of carbonyl (C=O) groups is 1. The molecule has 0 saturated carbocycles. The summed E-state index contributed by atoms with van der Waals surface area (Å²) in [5.74, 6) is 0.0211. The second-order valence-electron chi connectivity index (χ2n) is 5.84. The first-order valence-corrected chi connectivity index (χ1v) is 12.1. The van der Waals surface area contributed by atoms with E-state index in [-0.39, 0.29) is 19.1 Å². The Morgan fingerprint density at radius 1 is 1.00 bits per heavy atom. The van der Waals surface area contributed by atoms with Gasteiger partial charge in [-0.2, -0.15) is 0 Å². The minimum atomic E-state index is -1.76. The summed E-state index contributed by atoms with van der Waals surface area (Å²) in [5.41, 5.74) is 2.49. The van der Waals surface area contributed by atoms with E-state index in [1.54, 1.807) is 0 Å². The third kappa shape index (κ3) is 7.70. The summed E-state index contributed by atoms with van der Waals surface area (Å²) in [6, 6.07) is 18.9. The lowest BCUT2D eigenvalue weighted by Gasteiger charge is -2.23. The number of esters is 1. The molecule has 2 aromatic carbocycles. The molecule has 0 aliphatic rings. The number of halogens is 1. The maximum Gasteiger partial charge on any atom is 0.319 e. The Morgan fingerprint density at radius 2 is 1.52 bits per heavy atom. The van der Waals surface area contributed by atoms with Crippen LogP contribution in [-0.2, 0) is 33.7 Å². The predicted octanol–water partition coefficient (Wildman–Crippen LogP) is 4.20. The maximum atomic E-state index is 11.6. The van der Waals surface area contributed by atoms with Gasteiger partial charge in [0.2, 0.25) is 0 Å². The van der Waals surface area contributed by atoms with Crippen molar-refractivity contribution in [3.05, 3.63) is 71.8 Å². The fourth-order valence-corrected chi connectivity index (χ4v) is 6.42. The van der Waals surface area contributed by atoms with Crippen LogP contribution >= 0.6 is 17.6 Å². The maximum absolute atomic E-state index is 11.6. The number of hydrogen-bond donors (Lipinski definition) is 1. The molecule has 134 valence electrons. The van der Waals surface area contributed by atoms with Crippen molar-refractivity contribution < 1.29 is 9.53 Å². The SMILES string of the molecule is O=C(CNCP(=S)(Cc1ccccc1)Cc1ccccc1)OCCCl. The van der Waals surface area contributed by atoms with Gasteiger partial charge in [-0.3, -0.25) is 4.79 Å². The monoisotopic (exact) mass is 395 g/mol. The van der Waals surface area contributed by atoms with Crippen molar-refractivity contribution in [3.8, 4) is 0 Å². The molecule has 6 heteroatoms. The van der Waals surface area contributed by atoms with E-state index in [9.17, 15) is 4.79 Å². The molecule has 0 unspecified atom stereocenters. The fraction of sp³-hybridized carbons (Fsp3) is 0.316. The van der Waals surface area contributed by atoms with E-state index in [4.69, 9.17) is 28.1 Å². The molecule has 0 aliphatic carbocycles. The van der Waals surface area contributed by atoms with Crippen LogP contribution in [0, 0.1) is 0 Å². The molecule has 3 nitrogen and oxygen atoms in total. The summed E-state index contributed by atoms with van der Waals surface area (Å²) in [6.07, 6.45) is 2.38. The molecule has 0 fully saturated rings. The van der Waals surface area contributed by atoms with Gasteiger partial charge in [0.15, 0.2) is 0 Å². The zero-order chi connectivity index (χ0) is 18.0. The van der Waals surface area contributed by atoms with Crippen molar-refractivity contribution in [1.29, 1.82) is 0 Å². The van der Waals surface area contributed by atoms with Crippen LogP contribution in [0.25, 0.3) is 0 Å². The first-order valence-electron chi connectivity index (χ1n) is 8.18. The minimum absolute atomic E-state index is 0.166. The van der Waals surface area contributed by atoms with Crippen molar-refractivity contribution in [2.75, 3.05) is 25.3 Å². The van der Waals surface area contributed by atoms with Gasteiger partial charge in [-0.15, -0.1) is 11.6 Å². The van der Waals surface area contributed by atoms with Gasteiger partial charge in [0.25, 0.3) is 0 Å². The molecule has 0 atom stereocenters. The second-order valence-corrected chi connectivity index (χ2v) is 11.6. The molecule has 0 heterocycles. The molecule has 25 heavy (non-hydrogen) atoms. The number of benzene rings is 2. The standard InChI is InChI=1S/C19H23ClNO2PS/c20-11-12-23-19(22)13-21-16-24(25,14-17-7-3-1-4-8-17)15-18-9-5-2-6-10-18/h1-10,21H,11-16H2. The molecule has 2 aromatic rings. The molecular formula is C19H23ClNO2PS. The van der Waals surface area contributed by atoms with Crippen LogP contribution in [0.5, 0.6) is 0 Å². The van der Waals surface area contributed by atoms with Crippen molar-refractivity contribution in [2.24, 2.45) is 0 Å². The average molecular weight is 396 g/mol. The van der Waals surface area contributed by atoms with E-state index in [1.165, 1.54) is 11.1 Å². The van der Waals surface area contributed by atoms with Crippen LogP contribution in [0.2, 0.25) is 0 Å². The van der Waals surface area contributed by atoms with Gasteiger partial charge in [0.1, 0.15) is 6.61 Å². The van der Waals surface area contributed by atoms with Crippen molar-refractivity contribution >= 4 is 35.4 Å². The van der Waals surface area contributed by atoms with Gasteiger partial charge in [0, 0.05) is 18.6 Å². The van der Waals surface area contributed by atoms with E-state index in [2.05, 4.69) is 29.6 Å². The molecule has 2 rings (SSSR count). The van der Waals surface area contributed by atoms with Gasteiger partial charge in [-0.1, -0.05) is 72.5 Å². The van der Waals surface area contributed by atoms with Crippen LogP contribution in [0.1, 0.15) is 11.1 Å². The van der Waals surface area contributed by atoms with E-state index in [0.29, 0.717) is 12.2 Å². The van der Waals surface area contributed by atoms with Gasteiger partial charge >= 0.3 is 5.97 Å². The zero-order valence-corrected chi connectivity index (χ0v) is 16.5. The number of nitrogens with one attached hydrogen (secondary N) is 1. The van der Waals surface area contributed by atoms with Crippen LogP contribution in [-0.4, -0.2) is 31.3 Å². The van der Waals surface area contributed by atoms with Gasteiger partial charge in [0.05, 0.1) is 12.4 Å².